The first-order chi connectivity index (χ1) is 8.13. The molecule has 0 N–H and O–H groups in total. The Kier molecular flexibility index (Phi) is 3.33. The summed E-state index contributed by atoms with van der Waals surface area (Å²) < 4.78 is 13.5. The summed E-state index contributed by atoms with van der Waals surface area (Å²) in [4.78, 5) is 0. The van der Waals surface area contributed by atoms with E-state index < -0.39 is 5.82 Å². The maximum Gasteiger partial charge on any atom is 0.141 e. The zero-order valence-electron chi connectivity index (χ0n) is 8.55. The second-order valence-electron chi connectivity index (χ2n) is 3.40. The molecule has 2 aromatic rings. The van der Waals surface area contributed by atoms with Crippen molar-refractivity contribution in [1.82, 2.24) is 0 Å². The summed E-state index contributed by atoms with van der Waals surface area (Å²) in [5, 5.41) is 9.54. The first-order valence-electron chi connectivity index (χ1n) is 4.77. The second kappa shape index (κ2) is 4.75. The van der Waals surface area contributed by atoms with Gasteiger partial charge in [-0.1, -0.05) is 35.3 Å². The minimum atomic E-state index is -0.582. The summed E-state index contributed by atoms with van der Waals surface area (Å²) in [5.74, 6) is -0.582. The lowest BCUT2D eigenvalue weighted by Crippen LogP contribution is -1.87. The van der Waals surface area contributed by atoms with Crippen LogP contribution in [0.25, 0.3) is 11.1 Å². The SMILES string of the molecule is N#Cc1ccc(-c2c(Cl)cccc2Cl)cc1F. The molecular formula is C13H6Cl2FN. The summed E-state index contributed by atoms with van der Waals surface area (Å²) in [7, 11) is 0. The molecule has 0 unspecified atom stereocenters. The van der Waals surface area contributed by atoms with Gasteiger partial charge in [0.25, 0.3) is 0 Å². The Hall–Kier alpha value is -1.56. The zero-order chi connectivity index (χ0) is 12.4. The van der Waals surface area contributed by atoms with E-state index >= 15 is 0 Å². The molecule has 0 aliphatic heterocycles. The predicted molar refractivity (Wildman–Crippen MR) is 66.6 cm³/mol. The van der Waals surface area contributed by atoms with Gasteiger partial charge in [-0.15, -0.1) is 0 Å². The molecular weight excluding hydrogens is 260 g/mol. The molecule has 0 radical (unpaired) electrons. The number of hydrogen-bond donors (Lipinski definition) is 0. The highest BCUT2D eigenvalue weighted by Crippen LogP contribution is 2.34. The molecule has 1 nitrogen and oxygen atoms in total. The van der Waals surface area contributed by atoms with Gasteiger partial charge < -0.3 is 0 Å². The Morgan fingerprint density at radius 1 is 1.06 bits per heavy atom. The Bertz CT molecular complexity index is 597. The van der Waals surface area contributed by atoms with Crippen LogP contribution in [-0.4, -0.2) is 0 Å². The second-order valence-corrected chi connectivity index (χ2v) is 4.22. The minimum Gasteiger partial charge on any atom is -0.206 e. The van der Waals surface area contributed by atoms with Crippen LogP contribution in [0.4, 0.5) is 4.39 Å². The van der Waals surface area contributed by atoms with Crippen molar-refractivity contribution in [3.05, 3.63) is 57.8 Å². The van der Waals surface area contributed by atoms with Crippen molar-refractivity contribution in [3.63, 3.8) is 0 Å². The number of benzene rings is 2. The van der Waals surface area contributed by atoms with Crippen molar-refractivity contribution < 1.29 is 4.39 Å². The first-order valence-corrected chi connectivity index (χ1v) is 5.53. The smallest absolute Gasteiger partial charge is 0.141 e. The van der Waals surface area contributed by atoms with Crippen LogP contribution in [0.2, 0.25) is 10.0 Å². The van der Waals surface area contributed by atoms with Gasteiger partial charge in [-0.3, -0.25) is 0 Å². The Balaban J connectivity index is 2.63. The van der Waals surface area contributed by atoms with Gasteiger partial charge >= 0.3 is 0 Å². The quantitative estimate of drug-likeness (QED) is 0.735. The van der Waals surface area contributed by atoms with Crippen molar-refractivity contribution in [2.75, 3.05) is 0 Å². The molecule has 2 rings (SSSR count). The van der Waals surface area contributed by atoms with E-state index in [4.69, 9.17) is 28.5 Å². The summed E-state index contributed by atoms with van der Waals surface area (Å²) in [6.45, 7) is 0. The van der Waals surface area contributed by atoms with E-state index in [0.29, 0.717) is 21.2 Å². The van der Waals surface area contributed by atoms with Crippen molar-refractivity contribution in [2.24, 2.45) is 0 Å². The van der Waals surface area contributed by atoms with Gasteiger partial charge in [-0.25, -0.2) is 4.39 Å². The van der Waals surface area contributed by atoms with E-state index in [9.17, 15) is 4.39 Å². The lowest BCUT2D eigenvalue weighted by Gasteiger charge is -2.07. The highest BCUT2D eigenvalue weighted by Gasteiger charge is 2.10. The number of halogens is 3. The topological polar surface area (TPSA) is 23.8 Å². The van der Waals surface area contributed by atoms with Crippen molar-refractivity contribution >= 4 is 23.2 Å². The van der Waals surface area contributed by atoms with Crippen LogP contribution in [0, 0.1) is 17.1 Å². The third-order valence-electron chi connectivity index (χ3n) is 2.34. The maximum absolute atomic E-state index is 13.5. The molecule has 0 bridgehead atoms. The van der Waals surface area contributed by atoms with Crippen LogP contribution in [0.15, 0.2) is 36.4 Å². The van der Waals surface area contributed by atoms with Crippen LogP contribution in [0.3, 0.4) is 0 Å². The van der Waals surface area contributed by atoms with E-state index in [1.165, 1.54) is 12.1 Å². The average Bonchev–Trinajstić information content (AvgIpc) is 2.29. The third kappa shape index (κ3) is 2.26. The van der Waals surface area contributed by atoms with Crippen LogP contribution in [0.5, 0.6) is 0 Å². The largest absolute Gasteiger partial charge is 0.206 e. The Morgan fingerprint density at radius 3 is 2.24 bits per heavy atom. The van der Waals surface area contributed by atoms with Crippen LogP contribution >= 0.6 is 23.2 Å². The van der Waals surface area contributed by atoms with Crippen LogP contribution < -0.4 is 0 Å². The molecule has 0 saturated heterocycles. The number of rotatable bonds is 1. The summed E-state index contributed by atoms with van der Waals surface area (Å²) in [6, 6.07) is 11.1. The van der Waals surface area contributed by atoms with Gasteiger partial charge in [0, 0.05) is 15.6 Å². The Labute approximate surface area is 108 Å². The van der Waals surface area contributed by atoms with Crippen molar-refractivity contribution in [3.8, 4) is 17.2 Å². The molecule has 0 amide bonds. The van der Waals surface area contributed by atoms with Crippen LogP contribution in [-0.2, 0) is 0 Å². The molecule has 0 aliphatic rings. The average molecular weight is 266 g/mol. The fourth-order valence-electron chi connectivity index (χ4n) is 1.53. The number of nitrogens with zero attached hydrogens (tertiary/aromatic N) is 1. The Morgan fingerprint density at radius 2 is 1.71 bits per heavy atom. The summed E-state index contributed by atoms with van der Waals surface area (Å²) in [5.41, 5.74) is 1.12. The van der Waals surface area contributed by atoms with Gasteiger partial charge in [0.1, 0.15) is 11.9 Å². The van der Waals surface area contributed by atoms with Crippen molar-refractivity contribution in [2.45, 2.75) is 0 Å². The molecule has 0 heterocycles. The molecule has 0 aromatic heterocycles. The summed E-state index contributed by atoms with van der Waals surface area (Å²) in [6.07, 6.45) is 0. The third-order valence-corrected chi connectivity index (χ3v) is 2.97. The lowest BCUT2D eigenvalue weighted by molar-refractivity contribution is 0.624. The molecule has 0 atom stereocenters. The van der Waals surface area contributed by atoms with Gasteiger partial charge in [0.05, 0.1) is 5.56 Å². The van der Waals surface area contributed by atoms with Crippen molar-refractivity contribution in [1.29, 1.82) is 5.26 Å². The van der Waals surface area contributed by atoms with Gasteiger partial charge in [0.15, 0.2) is 0 Å². The molecule has 17 heavy (non-hydrogen) atoms. The molecule has 0 spiro atoms. The fraction of sp³-hybridized carbons (Fsp3) is 0. The van der Waals surface area contributed by atoms with Gasteiger partial charge in [0.2, 0.25) is 0 Å². The highest BCUT2D eigenvalue weighted by molar-refractivity contribution is 6.39. The fourth-order valence-corrected chi connectivity index (χ4v) is 2.15. The lowest BCUT2D eigenvalue weighted by atomic mass is 10.0. The van der Waals surface area contributed by atoms with Gasteiger partial charge in [-0.05, 0) is 29.8 Å². The standard InChI is InChI=1S/C13H6Cl2FN/c14-10-2-1-3-11(15)13(10)8-4-5-9(7-17)12(16)6-8/h1-6H. The molecule has 84 valence electrons. The van der Waals surface area contributed by atoms with E-state index in [-0.39, 0.29) is 5.56 Å². The van der Waals surface area contributed by atoms with Gasteiger partial charge in [-0.2, -0.15) is 5.26 Å². The number of hydrogen-bond acceptors (Lipinski definition) is 1. The zero-order valence-corrected chi connectivity index (χ0v) is 10.1. The molecule has 4 heteroatoms. The van der Waals surface area contributed by atoms with Crippen LogP contribution in [0.1, 0.15) is 5.56 Å². The molecule has 0 aliphatic carbocycles. The summed E-state index contributed by atoms with van der Waals surface area (Å²) >= 11 is 12.0. The highest BCUT2D eigenvalue weighted by atomic mass is 35.5. The van der Waals surface area contributed by atoms with E-state index in [1.54, 1.807) is 30.3 Å². The first kappa shape index (κ1) is 11.9. The molecule has 2 aromatic carbocycles. The van der Waals surface area contributed by atoms with E-state index in [0.717, 1.165) is 0 Å². The van der Waals surface area contributed by atoms with E-state index in [1.807, 2.05) is 0 Å². The number of nitriles is 1. The normalized spacial score (nSPS) is 10.0. The minimum absolute atomic E-state index is 0.00285. The molecule has 0 saturated carbocycles. The molecule has 0 fully saturated rings. The predicted octanol–water partition coefficient (Wildman–Crippen LogP) is 4.67. The maximum atomic E-state index is 13.5. The monoisotopic (exact) mass is 265 g/mol. The van der Waals surface area contributed by atoms with E-state index in [2.05, 4.69) is 0 Å².